The average molecular weight is 411 g/mol. The quantitative estimate of drug-likeness (QED) is 0.837. The van der Waals surface area contributed by atoms with Crippen molar-refractivity contribution in [1.82, 2.24) is 15.2 Å². The van der Waals surface area contributed by atoms with Gasteiger partial charge in [-0.15, -0.1) is 36.2 Å². The molecule has 0 spiro atoms. The van der Waals surface area contributed by atoms with E-state index < -0.39 is 0 Å². The van der Waals surface area contributed by atoms with Crippen molar-refractivity contribution in [3.05, 3.63) is 10.9 Å². The van der Waals surface area contributed by atoms with Crippen molar-refractivity contribution < 1.29 is 4.79 Å². The second-order valence-electron chi connectivity index (χ2n) is 5.50. The number of rotatable bonds is 4. The van der Waals surface area contributed by atoms with Crippen LogP contribution in [0.1, 0.15) is 30.4 Å². The molecule has 1 atom stereocenters. The summed E-state index contributed by atoms with van der Waals surface area (Å²) in [7, 11) is 0. The molecule has 2 aromatic rings. The number of hydrogen-bond donors (Lipinski definition) is 1. The van der Waals surface area contributed by atoms with E-state index in [1.165, 1.54) is 11.3 Å². The molecule has 24 heavy (non-hydrogen) atoms. The summed E-state index contributed by atoms with van der Waals surface area (Å²) in [5.41, 5.74) is 0. The molecule has 136 valence electrons. The van der Waals surface area contributed by atoms with Gasteiger partial charge in [-0.05, 0) is 26.8 Å². The van der Waals surface area contributed by atoms with E-state index in [1.54, 1.807) is 11.3 Å². The molecule has 0 bridgehead atoms. The first-order valence-electron chi connectivity index (χ1n) is 7.81. The number of halogens is 2. The fraction of sp³-hybridized carbons (Fsp3) is 0.600. The molecule has 3 heterocycles. The lowest BCUT2D eigenvalue weighted by Crippen LogP contribution is -2.52. The Kier molecular flexibility index (Phi) is 8.22. The van der Waals surface area contributed by atoms with Gasteiger partial charge in [0.2, 0.25) is 0 Å². The lowest BCUT2D eigenvalue weighted by molar-refractivity contribution is 0.0661. The van der Waals surface area contributed by atoms with Crippen LogP contribution in [0, 0.1) is 0 Å². The van der Waals surface area contributed by atoms with Gasteiger partial charge in [0.05, 0.1) is 9.58 Å². The van der Waals surface area contributed by atoms with Crippen LogP contribution in [-0.4, -0.2) is 54.6 Å². The molecule has 1 unspecified atom stereocenters. The minimum atomic E-state index is 0. The van der Waals surface area contributed by atoms with Gasteiger partial charge >= 0.3 is 0 Å². The van der Waals surface area contributed by atoms with Crippen LogP contribution >= 0.6 is 47.5 Å². The number of hydrogen-bond acceptors (Lipinski definition) is 6. The largest absolute Gasteiger partial charge is 0.349 e. The number of anilines is 1. The zero-order valence-electron chi connectivity index (χ0n) is 14.1. The Hall–Kier alpha value is -0.600. The molecular formula is C15H24Cl2N4OS2. The van der Waals surface area contributed by atoms with E-state index in [2.05, 4.69) is 31.0 Å². The van der Waals surface area contributed by atoms with Crippen molar-refractivity contribution in [3.63, 3.8) is 0 Å². The smallest absolute Gasteiger partial charge is 0.264 e. The zero-order valence-corrected chi connectivity index (χ0v) is 17.3. The molecule has 0 aliphatic carbocycles. The number of nitrogens with one attached hydrogen (secondary N) is 1. The molecular weight excluding hydrogens is 387 g/mol. The number of piperazine rings is 1. The topological polar surface area (TPSA) is 48.5 Å². The van der Waals surface area contributed by atoms with Gasteiger partial charge < -0.3 is 15.1 Å². The third-order valence-electron chi connectivity index (χ3n) is 4.08. The van der Waals surface area contributed by atoms with E-state index in [0.29, 0.717) is 0 Å². The number of carbonyl (C=O) groups excluding carboxylic acids is 1. The van der Waals surface area contributed by atoms with Gasteiger partial charge in [-0.2, -0.15) is 0 Å². The summed E-state index contributed by atoms with van der Waals surface area (Å²) >= 11 is 3.20. The lowest BCUT2D eigenvalue weighted by Gasteiger charge is -2.33. The number of fused-ring (bicyclic) bond motifs is 1. The first-order valence-corrected chi connectivity index (χ1v) is 9.44. The van der Waals surface area contributed by atoms with Crippen molar-refractivity contribution in [1.29, 1.82) is 0 Å². The predicted octanol–water partition coefficient (Wildman–Crippen LogP) is 3.48. The highest BCUT2D eigenvalue weighted by atomic mass is 35.5. The lowest BCUT2D eigenvalue weighted by atomic mass is 10.2. The molecule has 1 aliphatic rings. The van der Waals surface area contributed by atoms with E-state index in [9.17, 15) is 4.79 Å². The summed E-state index contributed by atoms with van der Waals surface area (Å²) in [4.78, 5) is 23.4. The summed E-state index contributed by atoms with van der Waals surface area (Å²) in [5.74, 6) is 0.147. The van der Waals surface area contributed by atoms with Crippen LogP contribution in [0.15, 0.2) is 6.07 Å². The number of amides is 1. The maximum atomic E-state index is 12.7. The molecule has 1 fully saturated rings. The van der Waals surface area contributed by atoms with Crippen LogP contribution in [0.2, 0.25) is 0 Å². The molecule has 5 nitrogen and oxygen atoms in total. The first-order chi connectivity index (χ1) is 10.6. The van der Waals surface area contributed by atoms with E-state index in [4.69, 9.17) is 4.98 Å². The van der Waals surface area contributed by atoms with Gasteiger partial charge in [-0.3, -0.25) is 4.79 Å². The van der Waals surface area contributed by atoms with Crippen LogP contribution in [0.25, 0.3) is 9.53 Å². The molecule has 3 rings (SSSR count). The maximum absolute atomic E-state index is 12.7. The number of aromatic nitrogens is 1. The normalized spacial score (nSPS) is 17.3. The van der Waals surface area contributed by atoms with Gasteiger partial charge in [0.15, 0.2) is 5.13 Å². The van der Waals surface area contributed by atoms with Crippen LogP contribution in [0.3, 0.4) is 0 Å². The van der Waals surface area contributed by atoms with Crippen molar-refractivity contribution in [2.45, 2.75) is 26.8 Å². The van der Waals surface area contributed by atoms with Crippen LogP contribution < -0.4 is 10.2 Å². The molecule has 1 aliphatic heterocycles. The average Bonchev–Trinajstić information content (AvgIpc) is 3.07. The van der Waals surface area contributed by atoms with Gasteiger partial charge in [0.1, 0.15) is 4.83 Å². The summed E-state index contributed by atoms with van der Waals surface area (Å²) in [6, 6.07) is 2.27. The highest BCUT2D eigenvalue weighted by molar-refractivity contribution is 7.29. The monoisotopic (exact) mass is 410 g/mol. The number of thiophene rings is 1. The maximum Gasteiger partial charge on any atom is 0.264 e. The molecule has 0 saturated carbocycles. The minimum Gasteiger partial charge on any atom is -0.349 e. The SMILES string of the molecule is CCN(CC)c1nc2sc(C(=O)N3CCNCC3C)cc2s1.Cl.Cl. The second kappa shape index (κ2) is 9.20. The van der Waals surface area contributed by atoms with Gasteiger partial charge in [-0.1, -0.05) is 11.3 Å². The van der Waals surface area contributed by atoms with Crippen molar-refractivity contribution >= 4 is 68.1 Å². The Morgan fingerprint density at radius 2 is 2.08 bits per heavy atom. The van der Waals surface area contributed by atoms with Crippen LogP contribution in [-0.2, 0) is 0 Å². The van der Waals surface area contributed by atoms with E-state index in [1.807, 2.05) is 11.0 Å². The van der Waals surface area contributed by atoms with E-state index in [0.717, 1.165) is 52.3 Å². The highest BCUT2D eigenvalue weighted by Gasteiger charge is 2.26. The molecule has 1 amide bonds. The third-order valence-corrected chi connectivity index (χ3v) is 6.29. The van der Waals surface area contributed by atoms with Crippen molar-refractivity contribution in [3.8, 4) is 0 Å². The Morgan fingerprint density at radius 3 is 2.67 bits per heavy atom. The Bertz CT molecular complexity index is 640. The van der Waals surface area contributed by atoms with E-state index in [-0.39, 0.29) is 36.8 Å². The standard InChI is InChI=1S/C15H22N4OS2.2ClH/c1-4-18(5-2)15-17-13-11(22-15)8-12(21-13)14(20)19-7-6-16-9-10(19)3;;/h8,10,16H,4-7,9H2,1-3H3;2*1H. The Morgan fingerprint density at radius 1 is 1.38 bits per heavy atom. The molecule has 0 radical (unpaired) electrons. The van der Waals surface area contributed by atoms with Gasteiger partial charge in [-0.25, -0.2) is 4.98 Å². The fourth-order valence-electron chi connectivity index (χ4n) is 2.74. The number of carbonyl (C=O) groups is 1. The molecule has 1 N–H and O–H groups in total. The van der Waals surface area contributed by atoms with Crippen LogP contribution in [0.4, 0.5) is 5.13 Å². The van der Waals surface area contributed by atoms with Crippen molar-refractivity contribution in [2.24, 2.45) is 0 Å². The highest BCUT2D eigenvalue weighted by Crippen LogP contribution is 2.35. The zero-order chi connectivity index (χ0) is 15.7. The molecule has 2 aromatic heterocycles. The number of nitrogens with zero attached hydrogens (tertiary/aromatic N) is 3. The summed E-state index contributed by atoms with van der Waals surface area (Å²) in [5, 5.41) is 4.38. The Balaban J connectivity index is 0.00000144. The van der Waals surface area contributed by atoms with Gasteiger partial charge in [0.25, 0.3) is 5.91 Å². The fourth-order valence-corrected chi connectivity index (χ4v) is 5.04. The van der Waals surface area contributed by atoms with E-state index >= 15 is 0 Å². The first kappa shape index (κ1) is 21.4. The second-order valence-corrected chi connectivity index (χ2v) is 7.54. The summed E-state index contributed by atoms with van der Waals surface area (Å²) in [6.45, 7) is 10.8. The minimum absolute atomic E-state index is 0. The van der Waals surface area contributed by atoms with Crippen LogP contribution in [0.5, 0.6) is 0 Å². The third kappa shape index (κ3) is 4.14. The Labute approximate surface area is 163 Å². The molecule has 9 heteroatoms. The molecule has 0 aromatic carbocycles. The summed E-state index contributed by atoms with van der Waals surface area (Å²) in [6.07, 6.45) is 0. The number of thiazole rings is 1. The molecule has 1 saturated heterocycles. The van der Waals surface area contributed by atoms with Crippen molar-refractivity contribution in [2.75, 3.05) is 37.6 Å². The summed E-state index contributed by atoms with van der Waals surface area (Å²) < 4.78 is 1.12. The van der Waals surface area contributed by atoms with Gasteiger partial charge in [0, 0.05) is 38.8 Å². The predicted molar refractivity (Wildman–Crippen MR) is 109 cm³/mol.